The molecule has 7 heteroatoms. The third-order valence-electron chi connectivity index (χ3n) is 3.26. The standard InChI is InChI=1S/C17H16F2N2O3/c1-24-12-7-5-11(6-8-12)9-10-20-16(22)17(23)21-14-4-2-3-13(18)15(14)19/h2-8H,9-10H2,1H3,(H,20,22)(H,21,23). The number of amides is 2. The summed E-state index contributed by atoms with van der Waals surface area (Å²) in [4.78, 5) is 23.3. The van der Waals surface area contributed by atoms with Gasteiger partial charge in [0.25, 0.3) is 0 Å². The van der Waals surface area contributed by atoms with Gasteiger partial charge in [-0.25, -0.2) is 8.78 Å². The summed E-state index contributed by atoms with van der Waals surface area (Å²) in [5, 5.41) is 4.45. The van der Waals surface area contributed by atoms with Crippen LogP contribution in [0.4, 0.5) is 14.5 Å². The molecule has 0 spiro atoms. The fourth-order valence-electron chi connectivity index (χ4n) is 1.97. The maximum absolute atomic E-state index is 13.4. The van der Waals surface area contributed by atoms with Gasteiger partial charge in [0.2, 0.25) is 0 Å². The van der Waals surface area contributed by atoms with Crippen LogP contribution < -0.4 is 15.4 Å². The SMILES string of the molecule is COc1ccc(CCNC(=O)C(=O)Nc2cccc(F)c2F)cc1. The number of nitrogens with one attached hydrogen (secondary N) is 2. The average Bonchev–Trinajstić information content (AvgIpc) is 2.59. The van der Waals surface area contributed by atoms with E-state index in [2.05, 4.69) is 5.32 Å². The van der Waals surface area contributed by atoms with Crippen LogP contribution in [0.25, 0.3) is 0 Å². The molecule has 0 aliphatic carbocycles. The highest BCUT2D eigenvalue weighted by Crippen LogP contribution is 2.16. The van der Waals surface area contributed by atoms with Crippen LogP contribution in [0.2, 0.25) is 0 Å². The zero-order valence-corrected chi connectivity index (χ0v) is 12.9. The normalized spacial score (nSPS) is 10.1. The van der Waals surface area contributed by atoms with Crippen LogP contribution in [0.5, 0.6) is 5.75 Å². The van der Waals surface area contributed by atoms with Crippen LogP contribution in [0.1, 0.15) is 5.56 Å². The van der Waals surface area contributed by atoms with Crippen molar-refractivity contribution in [3.63, 3.8) is 0 Å². The van der Waals surface area contributed by atoms with Crippen molar-refractivity contribution in [2.75, 3.05) is 19.0 Å². The summed E-state index contributed by atoms with van der Waals surface area (Å²) in [6.45, 7) is 0.226. The molecule has 0 atom stereocenters. The fourth-order valence-corrected chi connectivity index (χ4v) is 1.97. The van der Waals surface area contributed by atoms with E-state index in [9.17, 15) is 18.4 Å². The quantitative estimate of drug-likeness (QED) is 0.825. The third kappa shape index (κ3) is 4.52. The van der Waals surface area contributed by atoms with Gasteiger partial charge in [0.05, 0.1) is 12.8 Å². The van der Waals surface area contributed by atoms with Crippen LogP contribution in [-0.2, 0) is 16.0 Å². The summed E-state index contributed by atoms with van der Waals surface area (Å²) in [7, 11) is 1.56. The molecular formula is C17H16F2N2O3. The second-order valence-electron chi connectivity index (χ2n) is 4.91. The minimum Gasteiger partial charge on any atom is -0.497 e. The van der Waals surface area contributed by atoms with Gasteiger partial charge in [0.15, 0.2) is 11.6 Å². The lowest BCUT2D eigenvalue weighted by Crippen LogP contribution is -2.36. The predicted octanol–water partition coefficient (Wildman–Crippen LogP) is 2.27. The van der Waals surface area contributed by atoms with E-state index >= 15 is 0 Å². The predicted molar refractivity (Wildman–Crippen MR) is 84.7 cm³/mol. The smallest absolute Gasteiger partial charge is 0.313 e. The molecule has 0 aliphatic heterocycles. The van der Waals surface area contributed by atoms with E-state index in [-0.39, 0.29) is 12.2 Å². The number of benzene rings is 2. The lowest BCUT2D eigenvalue weighted by atomic mass is 10.1. The molecule has 5 nitrogen and oxygen atoms in total. The Hall–Kier alpha value is -2.96. The van der Waals surface area contributed by atoms with Gasteiger partial charge in [-0.2, -0.15) is 0 Å². The van der Waals surface area contributed by atoms with Crippen molar-refractivity contribution in [3.05, 3.63) is 59.7 Å². The number of methoxy groups -OCH3 is 1. The Morgan fingerprint density at radius 2 is 1.75 bits per heavy atom. The fraction of sp³-hybridized carbons (Fsp3) is 0.176. The van der Waals surface area contributed by atoms with Gasteiger partial charge in [-0.05, 0) is 36.2 Å². The maximum atomic E-state index is 13.4. The van der Waals surface area contributed by atoms with Crippen LogP contribution in [0.15, 0.2) is 42.5 Å². The molecule has 2 amide bonds. The Morgan fingerprint density at radius 1 is 1.04 bits per heavy atom. The lowest BCUT2D eigenvalue weighted by molar-refractivity contribution is -0.136. The summed E-state index contributed by atoms with van der Waals surface area (Å²) in [6.07, 6.45) is 0.511. The molecule has 0 saturated heterocycles. The molecule has 0 unspecified atom stereocenters. The molecule has 0 radical (unpaired) electrons. The zero-order valence-electron chi connectivity index (χ0n) is 12.9. The van der Waals surface area contributed by atoms with Crippen molar-refractivity contribution < 1.29 is 23.1 Å². The number of rotatable bonds is 5. The topological polar surface area (TPSA) is 67.4 Å². The Balaban J connectivity index is 1.83. The minimum absolute atomic E-state index is 0.226. The Labute approximate surface area is 137 Å². The highest BCUT2D eigenvalue weighted by atomic mass is 19.2. The first kappa shape index (κ1) is 17.4. The molecule has 0 fully saturated rings. The first-order valence-corrected chi connectivity index (χ1v) is 7.17. The van der Waals surface area contributed by atoms with Crippen LogP contribution in [0.3, 0.4) is 0 Å². The molecule has 24 heavy (non-hydrogen) atoms. The molecule has 2 aromatic carbocycles. The first-order valence-electron chi connectivity index (χ1n) is 7.17. The van der Waals surface area contributed by atoms with Crippen molar-refractivity contribution in [3.8, 4) is 5.75 Å². The second kappa shape index (κ2) is 8.05. The molecule has 0 bridgehead atoms. The highest BCUT2D eigenvalue weighted by molar-refractivity contribution is 6.39. The number of anilines is 1. The van der Waals surface area contributed by atoms with E-state index in [0.717, 1.165) is 17.4 Å². The summed E-state index contributed by atoms with van der Waals surface area (Å²) in [5.41, 5.74) is 0.568. The molecule has 0 aromatic heterocycles. The van der Waals surface area contributed by atoms with E-state index in [4.69, 9.17) is 4.74 Å². The van der Waals surface area contributed by atoms with Gasteiger partial charge in [0, 0.05) is 6.54 Å². The highest BCUT2D eigenvalue weighted by Gasteiger charge is 2.16. The summed E-state index contributed by atoms with van der Waals surface area (Å²) >= 11 is 0. The van der Waals surface area contributed by atoms with E-state index in [1.165, 1.54) is 12.1 Å². The minimum atomic E-state index is -1.21. The van der Waals surface area contributed by atoms with Crippen LogP contribution >= 0.6 is 0 Å². The van der Waals surface area contributed by atoms with E-state index in [0.29, 0.717) is 6.42 Å². The van der Waals surface area contributed by atoms with E-state index < -0.39 is 23.4 Å². The number of hydrogen-bond donors (Lipinski definition) is 2. The van der Waals surface area contributed by atoms with Crippen molar-refractivity contribution in [1.29, 1.82) is 0 Å². The third-order valence-corrected chi connectivity index (χ3v) is 3.26. The molecule has 0 heterocycles. The van der Waals surface area contributed by atoms with Crippen molar-refractivity contribution in [2.24, 2.45) is 0 Å². The summed E-state index contributed by atoms with van der Waals surface area (Å²) in [5.74, 6) is -3.58. The lowest BCUT2D eigenvalue weighted by Gasteiger charge is -2.08. The molecular weight excluding hydrogens is 318 g/mol. The number of hydrogen-bond acceptors (Lipinski definition) is 3. The van der Waals surface area contributed by atoms with Crippen molar-refractivity contribution in [2.45, 2.75) is 6.42 Å². The van der Waals surface area contributed by atoms with Gasteiger partial charge in [-0.1, -0.05) is 18.2 Å². The largest absolute Gasteiger partial charge is 0.497 e. The second-order valence-corrected chi connectivity index (χ2v) is 4.91. The van der Waals surface area contributed by atoms with Gasteiger partial charge >= 0.3 is 11.8 Å². The number of ether oxygens (including phenoxy) is 1. The number of carbonyl (C=O) groups excluding carboxylic acids is 2. The van der Waals surface area contributed by atoms with Crippen LogP contribution in [0, 0.1) is 11.6 Å². The number of halogens is 2. The van der Waals surface area contributed by atoms with Gasteiger partial charge < -0.3 is 15.4 Å². The van der Waals surface area contributed by atoms with Gasteiger partial charge in [-0.15, -0.1) is 0 Å². The maximum Gasteiger partial charge on any atom is 0.313 e. The molecule has 2 rings (SSSR count). The number of carbonyl (C=O) groups is 2. The average molecular weight is 334 g/mol. The zero-order chi connectivity index (χ0) is 17.5. The van der Waals surface area contributed by atoms with Gasteiger partial charge in [-0.3, -0.25) is 9.59 Å². The van der Waals surface area contributed by atoms with Crippen molar-refractivity contribution >= 4 is 17.5 Å². The molecule has 2 aromatic rings. The molecule has 0 saturated carbocycles. The summed E-state index contributed by atoms with van der Waals surface area (Å²) < 4.78 is 31.5. The first-order chi connectivity index (χ1) is 11.5. The molecule has 0 aliphatic rings. The van der Waals surface area contributed by atoms with Crippen LogP contribution in [-0.4, -0.2) is 25.5 Å². The Kier molecular flexibility index (Phi) is 5.83. The van der Waals surface area contributed by atoms with Gasteiger partial charge in [0.1, 0.15) is 5.75 Å². The van der Waals surface area contributed by atoms with E-state index in [1.807, 2.05) is 17.4 Å². The van der Waals surface area contributed by atoms with E-state index in [1.54, 1.807) is 19.2 Å². The Bertz CT molecular complexity index is 733. The molecule has 2 N–H and O–H groups in total. The summed E-state index contributed by atoms with van der Waals surface area (Å²) in [6, 6.07) is 10.6. The molecule has 126 valence electrons. The Morgan fingerprint density at radius 3 is 2.42 bits per heavy atom. The van der Waals surface area contributed by atoms with Crippen molar-refractivity contribution in [1.82, 2.24) is 5.32 Å². The monoisotopic (exact) mass is 334 g/mol.